The molecule has 0 bridgehead atoms. The Bertz CT molecular complexity index is 290. The maximum atomic E-state index is 2.87. The molecule has 0 fully saturated rings. The van der Waals surface area contributed by atoms with E-state index in [4.69, 9.17) is 0 Å². The van der Waals surface area contributed by atoms with Gasteiger partial charge in [0.25, 0.3) is 0 Å². The first-order valence-corrected chi connectivity index (χ1v) is 13.9. The topological polar surface area (TPSA) is 9.72 Å². The molecule has 106 valence electrons. The monoisotopic (exact) mass is 285 g/mol. The number of nitrogens with zero attached hydrogens (tertiary/aromatic N) is 3. The summed E-state index contributed by atoms with van der Waals surface area (Å²) >= 11 is 0. The first-order valence-electron chi connectivity index (χ1n) is 7.01. The van der Waals surface area contributed by atoms with E-state index >= 15 is 0 Å². The molecule has 1 atom stereocenters. The Labute approximate surface area is 116 Å². The van der Waals surface area contributed by atoms with Crippen molar-refractivity contribution >= 4 is 16.5 Å². The summed E-state index contributed by atoms with van der Waals surface area (Å²) in [4.78, 5) is 4.81. The van der Waals surface area contributed by atoms with Crippen molar-refractivity contribution in [3.05, 3.63) is 12.4 Å². The smallest absolute Gasteiger partial charge is 0.112 e. The van der Waals surface area contributed by atoms with Gasteiger partial charge < -0.3 is 14.0 Å². The largest absolute Gasteiger partial charge is 0.358 e. The van der Waals surface area contributed by atoms with Crippen LogP contribution in [0.2, 0.25) is 39.3 Å². The van der Waals surface area contributed by atoms with Crippen LogP contribution in [0.1, 0.15) is 6.92 Å². The second-order valence-corrected chi connectivity index (χ2v) is 17.4. The predicted molar refractivity (Wildman–Crippen MR) is 86.5 cm³/mol. The molecule has 0 saturated heterocycles. The van der Waals surface area contributed by atoms with E-state index in [9.17, 15) is 0 Å². The van der Waals surface area contributed by atoms with Crippen LogP contribution in [0.15, 0.2) is 12.4 Å². The highest BCUT2D eigenvalue weighted by Gasteiger charge is 2.37. The van der Waals surface area contributed by atoms with Gasteiger partial charge in [-0.3, -0.25) is 0 Å². The highest BCUT2D eigenvalue weighted by Crippen LogP contribution is 2.23. The number of hydrogen-bond donors (Lipinski definition) is 0. The summed E-state index contributed by atoms with van der Waals surface area (Å²) in [5.74, 6) is 0. The molecule has 0 aliphatic carbocycles. The van der Waals surface area contributed by atoms with Crippen molar-refractivity contribution < 1.29 is 0 Å². The third-order valence-corrected chi connectivity index (χ3v) is 11.3. The van der Waals surface area contributed by atoms with Crippen LogP contribution < -0.4 is 0 Å². The molecule has 3 nitrogen and oxygen atoms in total. The van der Waals surface area contributed by atoms with E-state index in [-0.39, 0.29) is 0 Å². The van der Waals surface area contributed by atoms with E-state index in [1.54, 1.807) is 0 Å². The van der Waals surface area contributed by atoms with Gasteiger partial charge in [0.2, 0.25) is 0 Å². The Morgan fingerprint density at radius 1 is 1.00 bits per heavy atom. The first-order chi connectivity index (χ1) is 8.07. The SMILES string of the molecule is CCN1C=CN(C)C1CN([Si](C)(C)C)[Si](C)(C)C. The molecular formula is C13H31N3Si2. The van der Waals surface area contributed by atoms with E-state index in [1.165, 1.54) is 6.54 Å². The average molecular weight is 286 g/mol. The van der Waals surface area contributed by atoms with Gasteiger partial charge in [-0.1, -0.05) is 39.3 Å². The zero-order valence-corrected chi connectivity index (χ0v) is 15.5. The number of likely N-dealkylation sites (N-methyl/N-ethyl adjacent to an activating group) is 2. The van der Waals surface area contributed by atoms with Crippen LogP contribution in [-0.2, 0) is 0 Å². The Hall–Kier alpha value is -0.266. The van der Waals surface area contributed by atoms with E-state index in [0.717, 1.165) is 6.54 Å². The fourth-order valence-electron chi connectivity index (χ4n) is 2.89. The second-order valence-electron chi connectivity index (χ2n) is 7.23. The highest BCUT2D eigenvalue weighted by atomic mass is 28.4. The van der Waals surface area contributed by atoms with Crippen molar-refractivity contribution in [1.29, 1.82) is 0 Å². The molecule has 0 spiro atoms. The summed E-state index contributed by atoms with van der Waals surface area (Å²) in [6, 6.07) is 0. The molecule has 0 aromatic carbocycles. The molecule has 0 aromatic heterocycles. The van der Waals surface area contributed by atoms with Crippen molar-refractivity contribution in [2.45, 2.75) is 52.4 Å². The maximum absolute atomic E-state index is 2.87. The lowest BCUT2D eigenvalue weighted by Crippen LogP contribution is -2.63. The minimum absolute atomic E-state index is 0.522. The van der Waals surface area contributed by atoms with Gasteiger partial charge in [0.05, 0.1) is 0 Å². The van der Waals surface area contributed by atoms with Gasteiger partial charge in [-0.05, 0) is 6.92 Å². The lowest BCUT2D eigenvalue weighted by molar-refractivity contribution is 0.167. The summed E-state index contributed by atoms with van der Waals surface area (Å²) < 4.78 is 2.87. The van der Waals surface area contributed by atoms with Gasteiger partial charge in [-0.15, -0.1) is 0 Å². The highest BCUT2D eigenvalue weighted by molar-refractivity contribution is 6.89. The van der Waals surface area contributed by atoms with Crippen molar-refractivity contribution in [3.63, 3.8) is 0 Å². The molecule has 0 aromatic rings. The van der Waals surface area contributed by atoms with E-state index in [1.807, 2.05) is 0 Å². The molecule has 0 saturated carbocycles. The predicted octanol–water partition coefficient (Wildman–Crippen LogP) is 3.02. The quantitative estimate of drug-likeness (QED) is 0.719. The van der Waals surface area contributed by atoms with Gasteiger partial charge in [0, 0.05) is 32.5 Å². The number of hydrogen-bond acceptors (Lipinski definition) is 3. The van der Waals surface area contributed by atoms with Crippen LogP contribution in [0.3, 0.4) is 0 Å². The third kappa shape index (κ3) is 3.62. The molecular weight excluding hydrogens is 254 g/mol. The Morgan fingerprint density at radius 3 is 1.89 bits per heavy atom. The summed E-state index contributed by atoms with van der Waals surface area (Å²) in [5.41, 5.74) is 0. The Balaban J connectivity index is 2.85. The first kappa shape index (κ1) is 15.8. The van der Waals surface area contributed by atoms with Crippen LogP contribution in [0.5, 0.6) is 0 Å². The summed E-state index contributed by atoms with van der Waals surface area (Å²) in [5, 5.41) is 0. The fourth-order valence-corrected chi connectivity index (χ4v) is 12.4. The standard InChI is InChI=1S/C13H31N3Si2/c1-9-15-11-10-14(2)13(15)12-16(17(3,4)5)18(6,7)8/h10-11,13H,9,12H2,1-8H3. The Morgan fingerprint density at radius 2 is 1.50 bits per heavy atom. The molecule has 1 rings (SSSR count). The van der Waals surface area contributed by atoms with Crippen molar-refractivity contribution in [1.82, 2.24) is 14.0 Å². The number of rotatable bonds is 5. The van der Waals surface area contributed by atoms with Gasteiger partial charge in [0.1, 0.15) is 22.6 Å². The second kappa shape index (κ2) is 5.39. The van der Waals surface area contributed by atoms with Gasteiger partial charge in [-0.2, -0.15) is 0 Å². The van der Waals surface area contributed by atoms with Gasteiger partial charge in [0.15, 0.2) is 0 Å². The van der Waals surface area contributed by atoms with E-state index in [2.05, 4.69) is 79.7 Å². The summed E-state index contributed by atoms with van der Waals surface area (Å²) in [7, 11) is -0.297. The average Bonchev–Trinajstić information content (AvgIpc) is 2.52. The molecule has 1 aliphatic heterocycles. The Kier molecular flexibility index (Phi) is 4.72. The summed E-state index contributed by atoms with van der Waals surface area (Å²) in [6.07, 6.45) is 4.96. The molecule has 5 heteroatoms. The van der Waals surface area contributed by atoms with Crippen molar-refractivity contribution in [3.8, 4) is 0 Å². The minimum atomic E-state index is -1.25. The van der Waals surface area contributed by atoms with Gasteiger partial charge in [-0.25, -0.2) is 0 Å². The van der Waals surface area contributed by atoms with Gasteiger partial charge >= 0.3 is 0 Å². The van der Waals surface area contributed by atoms with Crippen molar-refractivity contribution in [2.24, 2.45) is 0 Å². The van der Waals surface area contributed by atoms with E-state index in [0.29, 0.717) is 6.17 Å². The van der Waals surface area contributed by atoms with Crippen LogP contribution >= 0.6 is 0 Å². The molecule has 0 N–H and O–H groups in total. The zero-order chi connectivity index (χ0) is 14.1. The minimum Gasteiger partial charge on any atom is -0.358 e. The molecule has 0 amide bonds. The van der Waals surface area contributed by atoms with Crippen LogP contribution in [0, 0.1) is 0 Å². The maximum Gasteiger partial charge on any atom is 0.112 e. The van der Waals surface area contributed by atoms with Crippen molar-refractivity contribution in [2.75, 3.05) is 20.1 Å². The molecule has 0 radical (unpaired) electrons. The molecule has 1 aliphatic rings. The fraction of sp³-hybridized carbons (Fsp3) is 0.846. The lowest BCUT2D eigenvalue weighted by atomic mass is 10.4. The molecule has 1 unspecified atom stereocenters. The van der Waals surface area contributed by atoms with Crippen LogP contribution in [0.25, 0.3) is 0 Å². The summed E-state index contributed by atoms with van der Waals surface area (Å²) in [6.45, 7) is 19.4. The van der Waals surface area contributed by atoms with E-state index < -0.39 is 16.5 Å². The normalized spacial score (nSPS) is 21.3. The molecule has 18 heavy (non-hydrogen) atoms. The lowest BCUT2D eigenvalue weighted by Gasteiger charge is -2.47. The zero-order valence-electron chi connectivity index (χ0n) is 13.5. The molecule has 1 heterocycles. The van der Waals surface area contributed by atoms with Crippen LogP contribution in [0.4, 0.5) is 0 Å². The van der Waals surface area contributed by atoms with Crippen LogP contribution in [-0.4, -0.2) is 56.8 Å². The third-order valence-electron chi connectivity index (χ3n) is 3.68.